The van der Waals surface area contributed by atoms with Gasteiger partial charge in [0.15, 0.2) is 0 Å². The number of nitrogens with zero attached hydrogens (tertiary/aromatic N) is 2. The van der Waals surface area contributed by atoms with Gasteiger partial charge in [0.05, 0.1) is 10.9 Å². The van der Waals surface area contributed by atoms with Crippen molar-refractivity contribution in [2.45, 2.75) is 6.42 Å². The zero-order valence-electron chi connectivity index (χ0n) is 12.9. The lowest BCUT2D eigenvalue weighted by Crippen LogP contribution is -2.12. The Bertz CT molecular complexity index is 1040. The van der Waals surface area contributed by atoms with Gasteiger partial charge in [-0.1, -0.05) is 42.5 Å². The van der Waals surface area contributed by atoms with Gasteiger partial charge in [-0.15, -0.1) is 0 Å². The monoisotopic (exact) mass is 313 g/mol. The van der Waals surface area contributed by atoms with Crippen molar-refractivity contribution in [3.05, 3.63) is 94.8 Å². The van der Waals surface area contributed by atoms with Crippen molar-refractivity contribution in [1.82, 2.24) is 15.0 Å². The van der Waals surface area contributed by atoms with Crippen molar-refractivity contribution in [2.24, 2.45) is 0 Å². The Morgan fingerprint density at radius 2 is 1.71 bits per heavy atom. The second-order valence-electron chi connectivity index (χ2n) is 5.61. The summed E-state index contributed by atoms with van der Waals surface area (Å²) in [6.45, 7) is 0. The molecule has 0 saturated carbocycles. The third-order valence-electron chi connectivity index (χ3n) is 3.94. The number of rotatable bonds is 3. The maximum Gasteiger partial charge on any atom is 0.258 e. The number of aromatic amines is 1. The third-order valence-corrected chi connectivity index (χ3v) is 3.94. The molecule has 0 fully saturated rings. The summed E-state index contributed by atoms with van der Waals surface area (Å²) in [7, 11) is 0. The van der Waals surface area contributed by atoms with E-state index >= 15 is 0 Å². The van der Waals surface area contributed by atoms with Crippen molar-refractivity contribution in [3.8, 4) is 11.1 Å². The van der Waals surface area contributed by atoms with Crippen LogP contribution in [-0.4, -0.2) is 15.0 Å². The number of hydrogen-bond donors (Lipinski definition) is 1. The number of fused-ring (bicyclic) bond motifs is 1. The van der Waals surface area contributed by atoms with Crippen molar-refractivity contribution < 1.29 is 0 Å². The summed E-state index contributed by atoms with van der Waals surface area (Å²) in [5.41, 5.74) is 3.54. The first-order valence-corrected chi connectivity index (χ1v) is 7.78. The highest BCUT2D eigenvalue weighted by Crippen LogP contribution is 2.21. The quantitative estimate of drug-likeness (QED) is 0.629. The van der Waals surface area contributed by atoms with E-state index < -0.39 is 0 Å². The minimum Gasteiger partial charge on any atom is -0.310 e. The maximum atomic E-state index is 12.5. The van der Waals surface area contributed by atoms with E-state index in [0.717, 1.165) is 16.8 Å². The number of pyridine rings is 1. The lowest BCUT2D eigenvalue weighted by atomic mass is 10.0. The Morgan fingerprint density at radius 1 is 0.875 bits per heavy atom. The molecule has 0 bridgehead atoms. The number of nitrogens with one attached hydrogen (secondary N) is 1. The molecule has 0 atom stereocenters. The largest absolute Gasteiger partial charge is 0.310 e. The highest BCUT2D eigenvalue weighted by Gasteiger charge is 2.07. The number of hydrogen-bond acceptors (Lipinski definition) is 3. The molecule has 0 aliphatic rings. The summed E-state index contributed by atoms with van der Waals surface area (Å²) in [5.74, 6) is 0.624. The minimum absolute atomic E-state index is 0.122. The van der Waals surface area contributed by atoms with E-state index in [4.69, 9.17) is 0 Å². The molecule has 0 amide bonds. The van der Waals surface area contributed by atoms with E-state index in [1.165, 1.54) is 0 Å². The van der Waals surface area contributed by atoms with Crippen molar-refractivity contribution in [2.75, 3.05) is 0 Å². The zero-order chi connectivity index (χ0) is 16.4. The smallest absolute Gasteiger partial charge is 0.258 e. The van der Waals surface area contributed by atoms with Gasteiger partial charge < -0.3 is 4.98 Å². The third kappa shape index (κ3) is 2.82. The Kier molecular flexibility index (Phi) is 3.63. The lowest BCUT2D eigenvalue weighted by molar-refractivity contribution is 0.940. The van der Waals surface area contributed by atoms with E-state index in [1.54, 1.807) is 6.20 Å². The van der Waals surface area contributed by atoms with Gasteiger partial charge >= 0.3 is 0 Å². The number of H-pyrrole nitrogens is 1. The van der Waals surface area contributed by atoms with Crippen LogP contribution in [-0.2, 0) is 6.42 Å². The first-order chi connectivity index (χ1) is 11.8. The molecule has 0 spiro atoms. The normalized spacial score (nSPS) is 10.8. The van der Waals surface area contributed by atoms with E-state index in [-0.39, 0.29) is 5.56 Å². The van der Waals surface area contributed by atoms with Crippen LogP contribution in [0.1, 0.15) is 11.5 Å². The van der Waals surface area contributed by atoms with Gasteiger partial charge in [0.1, 0.15) is 5.82 Å². The number of aromatic nitrogens is 3. The van der Waals surface area contributed by atoms with Crippen LogP contribution < -0.4 is 5.56 Å². The van der Waals surface area contributed by atoms with Crippen LogP contribution in [0.15, 0.2) is 77.7 Å². The molecule has 2 aromatic heterocycles. The van der Waals surface area contributed by atoms with Gasteiger partial charge in [-0.05, 0) is 35.4 Å². The Labute approximate surface area is 138 Å². The van der Waals surface area contributed by atoms with Crippen LogP contribution >= 0.6 is 0 Å². The standard InChI is InChI=1S/C20H15N3O/c24-20-17-12-15(14-6-2-1-3-7-14)9-10-18(17)22-19(23-20)13-16-8-4-5-11-21-16/h1-12H,13H2,(H,22,23,24). The molecular weight excluding hydrogens is 298 g/mol. The van der Waals surface area contributed by atoms with Gasteiger partial charge in [-0.3, -0.25) is 9.78 Å². The fourth-order valence-electron chi connectivity index (χ4n) is 2.76. The molecule has 1 N–H and O–H groups in total. The van der Waals surface area contributed by atoms with E-state index in [9.17, 15) is 4.79 Å². The van der Waals surface area contributed by atoms with Crippen LogP contribution in [0.4, 0.5) is 0 Å². The summed E-state index contributed by atoms with van der Waals surface area (Å²) < 4.78 is 0. The first-order valence-electron chi connectivity index (χ1n) is 7.78. The number of benzene rings is 2. The zero-order valence-corrected chi connectivity index (χ0v) is 12.9. The van der Waals surface area contributed by atoms with Crippen LogP contribution in [0.2, 0.25) is 0 Å². The summed E-state index contributed by atoms with van der Waals surface area (Å²) in [6, 6.07) is 21.5. The van der Waals surface area contributed by atoms with Crippen LogP contribution in [0, 0.1) is 0 Å². The Morgan fingerprint density at radius 3 is 2.50 bits per heavy atom. The molecule has 0 aliphatic heterocycles. The predicted octanol–water partition coefficient (Wildman–Crippen LogP) is 3.58. The molecule has 2 heterocycles. The van der Waals surface area contributed by atoms with Crippen molar-refractivity contribution in [1.29, 1.82) is 0 Å². The fourth-order valence-corrected chi connectivity index (χ4v) is 2.76. The molecule has 4 nitrogen and oxygen atoms in total. The predicted molar refractivity (Wildman–Crippen MR) is 94.8 cm³/mol. The molecule has 2 aromatic carbocycles. The summed E-state index contributed by atoms with van der Waals surface area (Å²) in [5, 5.41) is 0.598. The SMILES string of the molecule is O=c1[nH]c(Cc2ccccn2)nc2ccc(-c3ccccc3)cc12. The molecular formula is C20H15N3O. The van der Waals surface area contributed by atoms with Gasteiger partial charge in [-0.2, -0.15) is 0 Å². The van der Waals surface area contributed by atoms with Crippen LogP contribution in [0.25, 0.3) is 22.0 Å². The molecule has 0 saturated heterocycles. The van der Waals surface area contributed by atoms with Gasteiger partial charge in [-0.25, -0.2) is 4.98 Å². The van der Waals surface area contributed by atoms with E-state index in [2.05, 4.69) is 15.0 Å². The van der Waals surface area contributed by atoms with Crippen LogP contribution in [0.5, 0.6) is 0 Å². The topological polar surface area (TPSA) is 58.6 Å². The fraction of sp³-hybridized carbons (Fsp3) is 0.0500. The van der Waals surface area contributed by atoms with Gasteiger partial charge in [0, 0.05) is 18.3 Å². The van der Waals surface area contributed by atoms with Crippen molar-refractivity contribution in [3.63, 3.8) is 0 Å². The molecule has 0 aliphatic carbocycles. The average Bonchev–Trinajstić information content (AvgIpc) is 2.63. The Balaban J connectivity index is 1.76. The van der Waals surface area contributed by atoms with E-state index in [0.29, 0.717) is 23.1 Å². The van der Waals surface area contributed by atoms with Gasteiger partial charge in [0.25, 0.3) is 5.56 Å². The van der Waals surface area contributed by atoms with Gasteiger partial charge in [0.2, 0.25) is 0 Å². The average molecular weight is 313 g/mol. The molecule has 4 rings (SSSR count). The highest BCUT2D eigenvalue weighted by molar-refractivity contribution is 5.83. The molecule has 0 unspecified atom stereocenters. The maximum absolute atomic E-state index is 12.5. The van der Waals surface area contributed by atoms with Crippen molar-refractivity contribution >= 4 is 10.9 Å². The summed E-state index contributed by atoms with van der Waals surface area (Å²) >= 11 is 0. The summed E-state index contributed by atoms with van der Waals surface area (Å²) in [4.78, 5) is 24.2. The second kappa shape index (κ2) is 6.08. The molecule has 4 heteroatoms. The minimum atomic E-state index is -0.122. The Hall–Kier alpha value is -3.27. The second-order valence-corrected chi connectivity index (χ2v) is 5.61. The first kappa shape index (κ1) is 14.3. The molecule has 4 aromatic rings. The highest BCUT2D eigenvalue weighted by atomic mass is 16.1. The molecule has 116 valence electrons. The van der Waals surface area contributed by atoms with Crippen LogP contribution in [0.3, 0.4) is 0 Å². The lowest BCUT2D eigenvalue weighted by Gasteiger charge is -2.05. The molecule has 0 radical (unpaired) electrons. The summed E-state index contributed by atoms with van der Waals surface area (Å²) in [6.07, 6.45) is 2.24. The van der Waals surface area contributed by atoms with E-state index in [1.807, 2.05) is 66.7 Å². The molecule has 24 heavy (non-hydrogen) atoms.